The van der Waals surface area contributed by atoms with E-state index < -0.39 is 0 Å². The fraction of sp³-hybridized carbons (Fsp3) is 1.00. The van der Waals surface area contributed by atoms with E-state index in [0.717, 1.165) is 6.42 Å². The highest BCUT2D eigenvalue weighted by Crippen LogP contribution is 1.94. The Bertz CT molecular complexity index is 96.6. The minimum absolute atomic E-state index is 0.00926. The van der Waals surface area contributed by atoms with Crippen molar-refractivity contribution in [1.29, 1.82) is 0 Å². The van der Waals surface area contributed by atoms with Crippen LogP contribution in [0.25, 0.3) is 0 Å². The molecule has 0 rings (SSSR count). The molecule has 0 saturated carbocycles. The van der Waals surface area contributed by atoms with Crippen LogP contribution < -0.4 is 11.5 Å². The Balaban J connectivity index is -0.000000166. The number of rotatable bonds is 4. The SMILES string of the molecule is CC.CC(C)C(N)CO.CCC(N)CO. The van der Waals surface area contributed by atoms with Crippen molar-refractivity contribution in [1.82, 2.24) is 0 Å². The Morgan fingerprint density at radius 1 is 1.00 bits per heavy atom. The Kier molecular flexibility index (Phi) is 22.0. The molecule has 0 bridgehead atoms. The van der Waals surface area contributed by atoms with Crippen LogP contribution in [0.1, 0.15) is 41.0 Å². The van der Waals surface area contributed by atoms with Crippen molar-refractivity contribution < 1.29 is 10.2 Å². The van der Waals surface area contributed by atoms with Gasteiger partial charge in [-0.05, 0) is 12.3 Å². The first-order chi connectivity index (χ1) is 6.99. The topological polar surface area (TPSA) is 92.5 Å². The number of hydrogen-bond donors (Lipinski definition) is 4. The van der Waals surface area contributed by atoms with Crippen LogP contribution in [0.5, 0.6) is 0 Å². The largest absolute Gasteiger partial charge is 0.395 e. The Labute approximate surface area is 94.7 Å². The van der Waals surface area contributed by atoms with Gasteiger partial charge >= 0.3 is 0 Å². The summed E-state index contributed by atoms with van der Waals surface area (Å²) in [4.78, 5) is 0. The van der Waals surface area contributed by atoms with Gasteiger partial charge in [0.1, 0.15) is 0 Å². The predicted octanol–water partition coefficient (Wildman–Crippen LogP) is 0.704. The Hall–Kier alpha value is -0.160. The molecule has 15 heavy (non-hydrogen) atoms. The lowest BCUT2D eigenvalue weighted by Gasteiger charge is -2.10. The normalized spacial score (nSPS) is 13.2. The maximum atomic E-state index is 8.38. The summed E-state index contributed by atoms with van der Waals surface area (Å²) in [6, 6.07) is -0.0509. The van der Waals surface area contributed by atoms with E-state index in [4.69, 9.17) is 21.7 Å². The molecule has 0 aliphatic heterocycles. The average Bonchev–Trinajstić information content (AvgIpc) is 2.30. The molecule has 2 atom stereocenters. The molecule has 0 aliphatic carbocycles. The second-order valence-corrected chi connectivity index (χ2v) is 3.44. The van der Waals surface area contributed by atoms with E-state index in [-0.39, 0.29) is 25.3 Å². The van der Waals surface area contributed by atoms with Gasteiger partial charge in [0.25, 0.3) is 0 Å². The second kappa shape index (κ2) is 16.3. The van der Waals surface area contributed by atoms with E-state index in [1.807, 2.05) is 34.6 Å². The highest BCUT2D eigenvalue weighted by atomic mass is 16.3. The van der Waals surface area contributed by atoms with Gasteiger partial charge in [-0.1, -0.05) is 34.6 Å². The molecule has 0 aromatic rings. The molecule has 0 aliphatic rings. The summed E-state index contributed by atoms with van der Waals surface area (Å²) in [5.74, 6) is 0.394. The first-order valence-corrected chi connectivity index (χ1v) is 5.72. The third-order valence-corrected chi connectivity index (χ3v) is 1.83. The third kappa shape index (κ3) is 20.0. The highest BCUT2D eigenvalue weighted by Gasteiger charge is 2.02. The van der Waals surface area contributed by atoms with Gasteiger partial charge in [0.05, 0.1) is 13.2 Å². The molecule has 96 valence electrons. The molecule has 6 N–H and O–H groups in total. The van der Waals surface area contributed by atoms with Gasteiger partial charge < -0.3 is 21.7 Å². The molecule has 0 amide bonds. The van der Waals surface area contributed by atoms with Crippen LogP contribution in [-0.2, 0) is 0 Å². The lowest BCUT2D eigenvalue weighted by Crippen LogP contribution is -2.29. The average molecular weight is 222 g/mol. The molecule has 0 saturated heterocycles. The smallest absolute Gasteiger partial charge is 0.0585 e. The molecule has 0 fully saturated rings. The number of hydrogen-bond acceptors (Lipinski definition) is 4. The summed E-state index contributed by atoms with van der Waals surface area (Å²) < 4.78 is 0. The molecule has 4 nitrogen and oxygen atoms in total. The zero-order valence-electron chi connectivity index (χ0n) is 10.9. The van der Waals surface area contributed by atoms with Crippen LogP contribution in [0.2, 0.25) is 0 Å². The van der Waals surface area contributed by atoms with Crippen LogP contribution in [-0.4, -0.2) is 35.5 Å². The minimum Gasteiger partial charge on any atom is -0.395 e. The molecule has 4 heteroatoms. The van der Waals surface area contributed by atoms with Crippen LogP contribution in [0.15, 0.2) is 0 Å². The van der Waals surface area contributed by atoms with Gasteiger partial charge in [0.15, 0.2) is 0 Å². The van der Waals surface area contributed by atoms with Crippen molar-refractivity contribution in [2.45, 2.75) is 53.1 Å². The summed E-state index contributed by atoms with van der Waals surface area (Å²) in [6.07, 6.45) is 0.858. The Morgan fingerprint density at radius 2 is 1.40 bits per heavy atom. The summed E-state index contributed by atoms with van der Waals surface area (Å²) >= 11 is 0. The standard InChI is InChI=1S/C5H13NO.C4H11NO.C2H6/c1-4(2)5(6)3-7;1-2-4(5)3-6;1-2/h4-5,7H,3,6H2,1-2H3;4,6H,2-3,5H2,1H3;1-2H3. The van der Waals surface area contributed by atoms with Gasteiger partial charge in [-0.25, -0.2) is 0 Å². The lowest BCUT2D eigenvalue weighted by molar-refractivity contribution is 0.238. The lowest BCUT2D eigenvalue weighted by atomic mass is 10.1. The van der Waals surface area contributed by atoms with Crippen molar-refractivity contribution in [3.63, 3.8) is 0 Å². The molecule has 2 unspecified atom stereocenters. The van der Waals surface area contributed by atoms with Gasteiger partial charge in [-0.15, -0.1) is 0 Å². The number of aliphatic hydroxyl groups is 2. The zero-order chi connectivity index (χ0) is 12.9. The van der Waals surface area contributed by atoms with Crippen LogP contribution >= 0.6 is 0 Å². The van der Waals surface area contributed by atoms with Gasteiger partial charge in [0.2, 0.25) is 0 Å². The van der Waals surface area contributed by atoms with Crippen molar-refractivity contribution >= 4 is 0 Å². The van der Waals surface area contributed by atoms with Gasteiger partial charge in [-0.2, -0.15) is 0 Å². The summed E-state index contributed by atoms with van der Waals surface area (Å²) in [5.41, 5.74) is 10.6. The molecule has 0 heterocycles. The van der Waals surface area contributed by atoms with E-state index in [1.54, 1.807) is 0 Å². The van der Waals surface area contributed by atoms with Gasteiger partial charge in [-0.3, -0.25) is 0 Å². The van der Waals surface area contributed by atoms with E-state index >= 15 is 0 Å². The van der Waals surface area contributed by atoms with Crippen molar-refractivity contribution in [2.24, 2.45) is 17.4 Å². The molecular formula is C11H30N2O2. The van der Waals surface area contributed by atoms with Crippen molar-refractivity contribution in [3.8, 4) is 0 Å². The number of nitrogens with two attached hydrogens (primary N) is 2. The summed E-state index contributed by atoms with van der Waals surface area (Å²) in [6.45, 7) is 10.1. The monoisotopic (exact) mass is 222 g/mol. The second-order valence-electron chi connectivity index (χ2n) is 3.44. The van der Waals surface area contributed by atoms with Crippen LogP contribution in [0.4, 0.5) is 0 Å². The first-order valence-electron chi connectivity index (χ1n) is 5.72. The van der Waals surface area contributed by atoms with E-state index in [2.05, 4.69) is 0 Å². The highest BCUT2D eigenvalue weighted by molar-refractivity contribution is 4.61. The maximum Gasteiger partial charge on any atom is 0.0585 e. The van der Waals surface area contributed by atoms with E-state index in [9.17, 15) is 0 Å². The zero-order valence-corrected chi connectivity index (χ0v) is 10.9. The molecular weight excluding hydrogens is 192 g/mol. The van der Waals surface area contributed by atoms with E-state index in [0.29, 0.717) is 5.92 Å². The third-order valence-electron chi connectivity index (χ3n) is 1.83. The molecule has 0 radical (unpaired) electrons. The predicted molar refractivity (Wildman–Crippen MR) is 66.6 cm³/mol. The van der Waals surface area contributed by atoms with Crippen molar-refractivity contribution in [3.05, 3.63) is 0 Å². The van der Waals surface area contributed by atoms with Crippen LogP contribution in [0.3, 0.4) is 0 Å². The summed E-state index contributed by atoms with van der Waals surface area (Å²) in [7, 11) is 0. The Morgan fingerprint density at radius 3 is 1.40 bits per heavy atom. The first kappa shape index (κ1) is 20.3. The van der Waals surface area contributed by atoms with Crippen LogP contribution in [0, 0.1) is 5.92 Å². The van der Waals surface area contributed by atoms with Gasteiger partial charge in [0, 0.05) is 12.1 Å². The fourth-order valence-electron chi connectivity index (χ4n) is 0.340. The summed E-state index contributed by atoms with van der Waals surface area (Å²) in [5, 5.41) is 16.6. The molecule has 0 spiro atoms. The molecule has 0 aromatic carbocycles. The number of aliphatic hydroxyl groups excluding tert-OH is 2. The minimum atomic E-state index is -0.0417. The molecule has 0 aromatic heterocycles. The maximum absolute atomic E-state index is 8.38. The van der Waals surface area contributed by atoms with E-state index in [1.165, 1.54) is 0 Å². The van der Waals surface area contributed by atoms with Crippen molar-refractivity contribution in [2.75, 3.05) is 13.2 Å². The fourth-order valence-corrected chi connectivity index (χ4v) is 0.340. The quantitative estimate of drug-likeness (QED) is 0.563.